The highest BCUT2D eigenvalue weighted by Gasteiger charge is 2.11. The second kappa shape index (κ2) is 8.71. The van der Waals surface area contributed by atoms with Crippen molar-refractivity contribution in [3.05, 3.63) is 85.7 Å². The zero-order chi connectivity index (χ0) is 19.4. The van der Waals surface area contributed by atoms with E-state index in [1.807, 2.05) is 31.2 Å². The normalized spacial score (nSPS) is 11.1. The van der Waals surface area contributed by atoms with Crippen LogP contribution in [0.25, 0.3) is 5.69 Å². The summed E-state index contributed by atoms with van der Waals surface area (Å²) in [6.07, 6.45) is 1.95. The Morgan fingerprint density at radius 1 is 1.19 bits per heavy atom. The summed E-state index contributed by atoms with van der Waals surface area (Å²) < 4.78 is 3.37. The van der Waals surface area contributed by atoms with Crippen LogP contribution in [0.15, 0.2) is 59.7 Å². The first-order valence-corrected chi connectivity index (χ1v) is 9.91. The molecule has 0 saturated carbocycles. The molecule has 0 atom stereocenters. The largest absolute Gasteiger partial charge is 0.317 e. The SMILES string of the molecule is Cc1cc(/C=N\NC(=O)Cc2ccc(Cl)cc2)c(C)n1-c1ccccc1I. The smallest absolute Gasteiger partial charge is 0.244 e. The Hall–Kier alpha value is -2.12. The molecule has 6 heteroatoms. The van der Waals surface area contributed by atoms with Crippen LogP contribution in [0.5, 0.6) is 0 Å². The molecule has 0 radical (unpaired) electrons. The van der Waals surface area contributed by atoms with Gasteiger partial charge in [0.1, 0.15) is 0 Å². The molecule has 0 saturated heterocycles. The van der Waals surface area contributed by atoms with Crippen LogP contribution >= 0.6 is 34.2 Å². The van der Waals surface area contributed by atoms with Gasteiger partial charge in [-0.3, -0.25) is 4.79 Å². The fourth-order valence-corrected chi connectivity index (χ4v) is 3.68. The number of carbonyl (C=O) groups excluding carboxylic acids is 1. The molecule has 0 aliphatic heterocycles. The molecular formula is C21H19ClIN3O. The molecule has 2 aromatic carbocycles. The van der Waals surface area contributed by atoms with Crippen LogP contribution in [0.1, 0.15) is 22.5 Å². The van der Waals surface area contributed by atoms with Crippen LogP contribution in [-0.2, 0) is 11.2 Å². The van der Waals surface area contributed by atoms with E-state index in [1.54, 1.807) is 18.3 Å². The van der Waals surface area contributed by atoms with Gasteiger partial charge in [-0.2, -0.15) is 5.10 Å². The van der Waals surface area contributed by atoms with Crippen LogP contribution in [-0.4, -0.2) is 16.7 Å². The highest BCUT2D eigenvalue weighted by Crippen LogP contribution is 2.23. The highest BCUT2D eigenvalue weighted by molar-refractivity contribution is 14.1. The lowest BCUT2D eigenvalue weighted by molar-refractivity contribution is -0.120. The van der Waals surface area contributed by atoms with Crippen molar-refractivity contribution < 1.29 is 4.79 Å². The fraction of sp³-hybridized carbons (Fsp3) is 0.143. The monoisotopic (exact) mass is 491 g/mol. The molecule has 1 N–H and O–H groups in total. The lowest BCUT2D eigenvalue weighted by atomic mass is 10.1. The summed E-state index contributed by atoms with van der Waals surface area (Å²) in [6, 6.07) is 17.5. The lowest BCUT2D eigenvalue weighted by Gasteiger charge is -2.11. The van der Waals surface area contributed by atoms with E-state index in [4.69, 9.17) is 11.6 Å². The number of carbonyl (C=O) groups is 1. The topological polar surface area (TPSA) is 46.4 Å². The maximum absolute atomic E-state index is 12.0. The van der Waals surface area contributed by atoms with Crippen molar-refractivity contribution in [3.63, 3.8) is 0 Å². The highest BCUT2D eigenvalue weighted by atomic mass is 127. The van der Waals surface area contributed by atoms with Crippen molar-refractivity contribution in [1.82, 2.24) is 9.99 Å². The van der Waals surface area contributed by atoms with Gasteiger partial charge in [0, 0.05) is 25.5 Å². The molecule has 1 aromatic heterocycles. The van der Waals surface area contributed by atoms with Crippen LogP contribution < -0.4 is 5.43 Å². The minimum absolute atomic E-state index is 0.167. The average Bonchev–Trinajstić information content (AvgIpc) is 2.91. The Kier molecular flexibility index (Phi) is 6.34. The van der Waals surface area contributed by atoms with Gasteiger partial charge in [-0.25, -0.2) is 5.43 Å². The molecule has 0 spiro atoms. The summed E-state index contributed by atoms with van der Waals surface area (Å²) in [4.78, 5) is 12.0. The maximum Gasteiger partial charge on any atom is 0.244 e. The number of halogens is 2. The number of amides is 1. The standard InChI is InChI=1S/C21H19ClIN3O/c1-14-11-17(15(2)26(14)20-6-4-3-5-19(20)23)13-24-25-21(27)12-16-7-9-18(22)10-8-16/h3-11,13H,12H2,1-2H3,(H,25,27)/b24-13-. The lowest BCUT2D eigenvalue weighted by Crippen LogP contribution is -2.19. The molecule has 0 unspecified atom stereocenters. The molecule has 3 aromatic rings. The first kappa shape index (κ1) is 19.6. The fourth-order valence-electron chi connectivity index (χ4n) is 2.92. The molecule has 27 heavy (non-hydrogen) atoms. The third-order valence-electron chi connectivity index (χ3n) is 4.23. The van der Waals surface area contributed by atoms with E-state index in [2.05, 4.69) is 62.8 Å². The summed E-state index contributed by atoms with van der Waals surface area (Å²) in [5.74, 6) is -0.167. The summed E-state index contributed by atoms with van der Waals surface area (Å²) >= 11 is 8.19. The van der Waals surface area contributed by atoms with Crippen molar-refractivity contribution >= 4 is 46.3 Å². The van der Waals surface area contributed by atoms with Gasteiger partial charge < -0.3 is 4.57 Å². The average molecular weight is 492 g/mol. The molecule has 1 heterocycles. The van der Waals surface area contributed by atoms with Gasteiger partial charge in [0.05, 0.1) is 18.3 Å². The minimum Gasteiger partial charge on any atom is -0.317 e. The van der Waals surface area contributed by atoms with E-state index < -0.39 is 0 Å². The van der Waals surface area contributed by atoms with Crippen molar-refractivity contribution in [1.29, 1.82) is 0 Å². The number of aryl methyl sites for hydroxylation is 1. The molecule has 1 amide bonds. The Morgan fingerprint density at radius 2 is 1.89 bits per heavy atom. The molecule has 0 fully saturated rings. The number of nitrogens with zero attached hydrogens (tertiary/aromatic N) is 2. The second-order valence-electron chi connectivity index (χ2n) is 6.21. The second-order valence-corrected chi connectivity index (χ2v) is 7.81. The molecule has 0 aliphatic rings. The van der Waals surface area contributed by atoms with Crippen molar-refractivity contribution in [2.75, 3.05) is 0 Å². The Bertz CT molecular complexity index is 993. The van der Waals surface area contributed by atoms with E-state index in [1.165, 1.54) is 3.57 Å². The molecule has 0 bridgehead atoms. The van der Waals surface area contributed by atoms with E-state index in [0.29, 0.717) is 5.02 Å². The third kappa shape index (κ3) is 4.78. The summed E-state index contributed by atoms with van der Waals surface area (Å²) in [6.45, 7) is 4.11. The van der Waals surface area contributed by atoms with E-state index >= 15 is 0 Å². The number of rotatable bonds is 5. The van der Waals surface area contributed by atoms with Gasteiger partial charge in [0.2, 0.25) is 5.91 Å². The van der Waals surface area contributed by atoms with Crippen molar-refractivity contribution in [2.45, 2.75) is 20.3 Å². The Balaban J connectivity index is 1.71. The number of para-hydroxylation sites is 1. The van der Waals surface area contributed by atoms with Gasteiger partial charge in [-0.15, -0.1) is 0 Å². The van der Waals surface area contributed by atoms with Gasteiger partial charge in [-0.1, -0.05) is 35.9 Å². The van der Waals surface area contributed by atoms with Gasteiger partial charge in [0.25, 0.3) is 0 Å². The number of hydrogen-bond acceptors (Lipinski definition) is 2. The summed E-state index contributed by atoms with van der Waals surface area (Å²) in [7, 11) is 0. The van der Waals surface area contributed by atoms with Crippen LogP contribution in [0.3, 0.4) is 0 Å². The van der Waals surface area contributed by atoms with Crippen molar-refractivity contribution in [3.8, 4) is 5.69 Å². The zero-order valence-electron chi connectivity index (χ0n) is 15.0. The number of aromatic nitrogens is 1. The molecule has 138 valence electrons. The quantitative estimate of drug-likeness (QED) is 0.303. The van der Waals surface area contributed by atoms with Crippen LogP contribution in [0.2, 0.25) is 5.02 Å². The van der Waals surface area contributed by atoms with Gasteiger partial charge in [0.15, 0.2) is 0 Å². The summed E-state index contributed by atoms with van der Waals surface area (Å²) in [5, 5.41) is 4.77. The van der Waals surface area contributed by atoms with E-state index in [0.717, 1.165) is 28.2 Å². The number of benzene rings is 2. The van der Waals surface area contributed by atoms with Crippen molar-refractivity contribution in [2.24, 2.45) is 5.10 Å². The molecular weight excluding hydrogens is 473 g/mol. The Labute approximate surface area is 177 Å². The third-order valence-corrected chi connectivity index (χ3v) is 5.40. The molecule has 3 rings (SSSR count). The van der Waals surface area contributed by atoms with E-state index in [-0.39, 0.29) is 12.3 Å². The zero-order valence-corrected chi connectivity index (χ0v) is 18.0. The Morgan fingerprint density at radius 3 is 2.59 bits per heavy atom. The van der Waals surface area contributed by atoms with E-state index in [9.17, 15) is 4.79 Å². The first-order chi connectivity index (χ1) is 13.0. The van der Waals surface area contributed by atoms with Gasteiger partial charge >= 0.3 is 0 Å². The number of hydrazone groups is 1. The van der Waals surface area contributed by atoms with Crippen LogP contribution in [0.4, 0.5) is 0 Å². The number of hydrogen-bond donors (Lipinski definition) is 1. The predicted octanol–water partition coefficient (Wildman–Crippen LogP) is 5.04. The maximum atomic E-state index is 12.0. The first-order valence-electron chi connectivity index (χ1n) is 8.46. The predicted molar refractivity (Wildman–Crippen MR) is 119 cm³/mol. The van der Waals surface area contributed by atoms with Crippen LogP contribution in [0, 0.1) is 17.4 Å². The minimum atomic E-state index is -0.167. The van der Waals surface area contributed by atoms with Gasteiger partial charge in [-0.05, 0) is 72.3 Å². The number of nitrogens with one attached hydrogen (secondary N) is 1. The molecule has 0 aliphatic carbocycles. The molecule has 4 nitrogen and oxygen atoms in total. The summed E-state index contributed by atoms with van der Waals surface area (Å²) in [5.41, 5.74) is 7.78.